The minimum Gasteiger partial charge on any atom is -0.493 e. The first kappa shape index (κ1) is 19.5. The summed E-state index contributed by atoms with van der Waals surface area (Å²) in [6, 6.07) is 11.2. The Bertz CT molecular complexity index is 1100. The van der Waals surface area contributed by atoms with Gasteiger partial charge < -0.3 is 18.8 Å². The van der Waals surface area contributed by atoms with Crippen LogP contribution in [0.1, 0.15) is 5.56 Å². The molecule has 0 unspecified atom stereocenters. The number of methoxy groups -OCH3 is 2. The van der Waals surface area contributed by atoms with Gasteiger partial charge in [-0.3, -0.25) is 4.79 Å². The Morgan fingerprint density at radius 2 is 1.86 bits per heavy atom. The summed E-state index contributed by atoms with van der Waals surface area (Å²) in [5.41, 5.74) is 1.95. The first-order valence-electron chi connectivity index (χ1n) is 8.51. The number of terminal acetylenes is 1. The van der Waals surface area contributed by atoms with Gasteiger partial charge in [0.05, 0.1) is 31.0 Å². The van der Waals surface area contributed by atoms with Gasteiger partial charge in [0.2, 0.25) is 0 Å². The quantitative estimate of drug-likeness (QED) is 0.601. The van der Waals surface area contributed by atoms with Crippen LogP contribution in [0.15, 0.2) is 41.4 Å². The number of carbonyl (C=O) groups excluding carboxylic acids is 1. The summed E-state index contributed by atoms with van der Waals surface area (Å²) < 4.78 is 18.9. The van der Waals surface area contributed by atoms with E-state index < -0.39 is 5.91 Å². The molecule has 0 aliphatic heterocycles. The molecule has 0 atom stereocenters. The molecule has 144 valence electrons. The van der Waals surface area contributed by atoms with E-state index in [2.05, 4.69) is 10.9 Å². The van der Waals surface area contributed by atoms with Crippen molar-refractivity contribution in [3.05, 3.63) is 46.8 Å². The summed E-state index contributed by atoms with van der Waals surface area (Å²) in [5.74, 6) is 4.01. The minimum absolute atomic E-state index is 0.153. The lowest BCUT2D eigenvalue weighted by molar-refractivity contribution is -0.120. The van der Waals surface area contributed by atoms with Crippen LogP contribution >= 0.6 is 11.3 Å². The molecule has 6 nitrogen and oxygen atoms in total. The number of hydrogen-bond acceptors (Lipinski definition) is 5. The summed E-state index contributed by atoms with van der Waals surface area (Å²) >= 11 is 1.35. The number of rotatable bonds is 6. The zero-order chi connectivity index (χ0) is 20.1. The molecule has 0 aliphatic carbocycles. The molecule has 0 N–H and O–H groups in total. The highest BCUT2D eigenvalue weighted by Crippen LogP contribution is 2.33. The van der Waals surface area contributed by atoms with Crippen LogP contribution in [0.2, 0.25) is 0 Å². The normalized spacial score (nSPS) is 11.3. The summed E-state index contributed by atoms with van der Waals surface area (Å²) in [5, 5.41) is 0. The highest BCUT2D eigenvalue weighted by Gasteiger charge is 2.13. The Hall–Kier alpha value is -3.24. The lowest BCUT2D eigenvalue weighted by atomic mass is 10.2. The van der Waals surface area contributed by atoms with Crippen LogP contribution < -0.4 is 19.0 Å². The molecule has 0 aliphatic rings. The Morgan fingerprint density at radius 3 is 2.50 bits per heavy atom. The van der Waals surface area contributed by atoms with E-state index in [1.54, 1.807) is 18.8 Å². The zero-order valence-electron chi connectivity index (χ0n) is 15.9. The predicted octanol–water partition coefficient (Wildman–Crippen LogP) is 3.17. The summed E-state index contributed by atoms with van der Waals surface area (Å²) in [4.78, 5) is 17.0. The van der Waals surface area contributed by atoms with Crippen molar-refractivity contribution < 1.29 is 19.0 Å². The van der Waals surface area contributed by atoms with E-state index >= 15 is 0 Å². The van der Waals surface area contributed by atoms with E-state index in [1.165, 1.54) is 11.3 Å². The fourth-order valence-corrected chi connectivity index (χ4v) is 3.70. The zero-order valence-corrected chi connectivity index (χ0v) is 16.7. The van der Waals surface area contributed by atoms with Crippen LogP contribution in [0.4, 0.5) is 0 Å². The fraction of sp³-hybridized carbons (Fsp3) is 0.238. The third-order valence-corrected chi connectivity index (χ3v) is 5.08. The topological polar surface area (TPSA) is 62.1 Å². The monoisotopic (exact) mass is 396 g/mol. The summed E-state index contributed by atoms with van der Waals surface area (Å²) in [6.07, 6.45) is 5.51. The first-order valence-corrected chi connectivity index (χ1v) is 9.33. The van der Waals surface area contributed by atoms with Gasteiger partial charge in [-0.05, 0) is 19.1 Å². The van der Waals surface area contributed by atoms with Gasteiger partial charge in [0, 0.05) is 12.1 Å². The molecule has 1 heterocycles. The predicted molar refractivity (Wildman–Crippen MR) is 109 cm³/mol. The van der Waals surface area contributed by atoms with Gasteiger partial charge in [-0.25, -0.2) is 0 Å². The Kier molecular flexibility index (Phi) is 6.02. The molecule has 28 heavy (non-hydrogen) atoms. The van der Waals surface area contributed by atoms with E-state index in [0.717, 1.165) is 15.8 Å². The van der Waals surface area contributed by atoms with Gasteiger partial charge >= 0.3 is 0 Å². The minimum atomic E-state index is -0.392. The number of benzene rings is 2. The number of hydrogen-bond donors (Lipinski definition) is 0. The van der Waals surface area contributed by atoms with Crippen LogP contribution in [0.5, 0.6) is 17.2 Å². The van der Waals surface area contributed by atoms with E-state index in [9.17, 15) is 4.79 Å². The number of carbonyl (C=O) groups is 1. The van der Waals surface area contributed by atoms with Gasteiger partial charge in [0.15, 0.2) is 22.9 Å². The maximum atomic E-state index is 12.3. The van der Waals surface area contributed by atoms with E-state index in [1.807, 2.05) is 43.3 Å². The highest BCUT2D eigenvalue weighted by molar-refractivity contribution is 7.16. The van der Waals surface area contributed by atoms with E-state index in [0.29, 0.717) is 22.0 Å². The van der Waals surface area contributed by atoms with Crippen molar-refractivity contribution >= 4 is 27.5 Å². The molecule has 3 rings (SSSR count). The lowest BCUT2D eigenvalue weighted by Crippen LogP contribution is -2.19. The molecule has 0 saturated carbocycles. The summed E-state index contributed by atoms with van der Waals surface area (Å²) in [7, 11) is 3.14. The van der Waals surface area contributed by atoms with Gasteiger partial charge in [0.25, 0.3) is 5.91 Å². The van der Waals surface area contributed by atoms with Crippen molar-refractivity contribution in [3.8, 4) is 29.6 Å². The number of ether oxygens (including phenoxy) is 3. The average molecular weight is 396 g/mol. The second kappa shape index (κ2) is 8.63. The van der Waals surface area contributed by atoms with Crippen molar-refractivity contribution in [2.75, 3.05) is 20.8 Å². The lowest BCUT2D eigenvalue weighted by Gasteiger charge is -2.08. The molecule has 0 fully saturated rings. The van der Waals surface area contributed by atoms with Gasteiger partial charge in [0.1, 0.15) is 5.75 Å². The third-order valence-electron chi connectivity index (χ3n) is 4.04. The Morgan fingerprint density at radius 1 is 1.18 bits per heavy atom. The number of fused-ring (bicyclic) bond motifs is 1. The van der Waals surface area contributed by atoms with Crippen molar-refractivity contribution in [1.29, 1.82) is 0 Å². The van der Waals surface area contributed by atoms with Crippen molar-refractivity contribution in [2.45, 2.75) is 13.5 Å². The second-order valence-corrected chi connectivity index (χ2v) is 6.97. The number of nitrogens with zero attached hydrogens (tertiary/aromatic N) is 2. The van der Waals surface area contributed by atoms with E-state index in [-0.39, 0.29) is 13.2 Å². The molecular weight excluding hydrogens is 376 g/mol. The van der Waals surface area contributed by atoms with Gasteiger partial charge in [-0.15, -0.1) is 6.42 Å². The van der Waals surface area contributed by atoms with Crippen LogP contribution in [-0.2, 0) is 11.3 Å². The molecule has 1 amide bonds. The molecule has 0 radical (unpaired) electrons. The Labute approximate surface area is 167 Å². The average Bonchev–Trinajstić information content (AvgIpc) is 3.02. The molecule has 3 aromatic rings. The van der Waals surface area contributed by atoms with Crippen molar-refractivity contribution in [1.82, 2.24) is 4.57 Å². The highest BCUT2D eigenvalue weighted by atomic mass is 32.1. The maximum absolute atomic E-state index is 12.3. The number of thiazole rings is 1. The van der Waals surface area contributed by atoms with Crippen LogP contribution in [0, 0.1) is 19.3 Å². The smallest absolute Gasteiger partial charge is 0.286 e. The van der Waals surface area contributed by atoms with E-state index in [4.69, 9.17) is 20.6 Å². The second-order valence-electron chi connectivity index (χ2n) is 5.96. The standard InChI is InChI=1S/C21H20N2O4S/c1-5-10-23-16-11-17(25-3)18(26-4)12-19(16)28-21(23)22-20(24)13-27-15-8-6-14(2)7-9-15/h1,6-9,11-12H,10,13H2,2-4H3. The van der Waals surface area contributed by atoms with Crippen LogP contribution in [0.3, 0.4) is 0 Å². The summed E-state index contributed by atoms with van der Waals surface area (Å²) in [6.45, 7) is 2.11. The molecule has 0 saturated heterocycles. The molecule has 2 aromatic carbocycles. The maximum Gasteiger partial charge on any atom is 0.286 e. The number of aromatic nitrogens is 1. The van der Waals surface area contributed by atoms with Crippen molar-refractivity contribution in [2.24, 2.45) is 4.99 Å². The Balaban J connectivity index is 1.93. The SMILES string of the molecule is C#CCn1c(=NC(=O)COc2ccc(C)cc2)sc2cc(OC)c(OC)cc21. The van der Waals surface area contributed by atoms with Crippen molar-refractivity contribution in [3.63, 3.8) is 0 Å². The van der Waals surface area contributed by atoms with Gasteiger partial charge in [-0.1, -0.05) is 35.0 Å². The van der Waals surface area contributed by atoms with Crippen LogP contribution in [-0.4, -0.2) is 31.3 Å². The molecule has 0 spiro atoms. The first-order chi connectivity index (χ1) is 13.5. The molecular formula is C21H20N2O4S. The number of aryl methyl sites for hydroxylation is 1. The molecule has 0 bridgehead atoms. The molecule has 7 heteroatoms. The largest absolute Gasteiger partial charge is 0.493 e. The fourth-order valence-electron chi connectivity index (χ4n) is 2.64. The molecule has 1 aromatic heterocycles. The van der Waals surface area contributed by atoms with Gasteiger partial charge in [-0.2, -0.15) is 4.99 Å². The van der Waals surface area contributed by atoms with Crippen LogP contribution in [0.25, 0.3) is 10.2 Å². The number of amides is 1. The third kappa shape index (κ3) is 4.18.